The molecule has 0 aromatic heterocycles. The predicted molar refractivity (Wildman–Crippen MR) is 53.7 cm³/mol. The SMILES string of the molecule is O=C(O)C1CCC(O[C@H]2CCOC2)CC1. The van der Waals surface area contributed by atoms with Crippen LogP contribution in [0.25, 0.3) is 0 Å². The van der Waals surface area contributed by atoms with Crippen molar-refractivity contribution < 1.29 is 19.4 Å². The maximum Gasteiger partial charge on any atom is 0.306 e. The molecule has 1 saturated heterocycles. The molecule has 15 heavy (non-hydrogen) atoms. The lowest BCUT2D eigenvalue weighted by Crippen LogP contribution is -2.29. The maximum atomic E-state index is 10.7. The summed E-state index contributed by atoms with van der Waals surface area (Å²) in [5.74, 6) is -0.803. The summed E-state index contributed by atoms with van der Waals surface area (Å²) in [7, 11) is 0. The van der Waals surface area contributed by atoms with Gasteiger partial charge in [0.2, 0.25) is 0 Å². The molecular formula is C11H18O4. The fourth-order valence-corrected chi connectivity index (χ4v) is 2.34. The molecule has 4 heteroatoms. The molecule has 2 aliphatic rings. The maximum absolute atomic E-state index is 10.7. The van der Waals surface area contributed by atoms with Gasteiger partial charge in [-0.05, 0) is 32.1 Å². The molecule has 0 radical (unpaired) electrons. The first kappa shape index (κ1) is 10.9. The molecule has 1 aliphatic carbocycles. The zero-order chi connectivity index (χ0) is 10.7. The average Bonchev–Trinajstić information content (AvgIpc) is 2.71. The summed E-state index contributed by atoms with van der Waals surface area (Å²) in [5, 5.41) is 8.85. The molecule has 0 aromatic rings. The monoisotopic (exact) mass is 214 g/mol. The van der Waals surface area contributed by atoms with Gasteiger partial charge in [-0.3, -0.25) is 4.79 Å². The van der Waals surface area contributed by atoms with Crippen LogP contribution in [0.2, 0.25) is 0 Å². The molecule has 1 atom stereocenters. The minimum atomic E-state index is -0.655. The van der Waals surface area contributed by atoms with Crippen LogP contribution in [-0.2, 0) is 14.3 Å². The van der Waals surface area contributed by atoms with Gasteiger partial charge in [-0.2, -0.15) is 0 Å². The molecule has 86 valence electrons. The molecule has 0 bridgehead atoms. The zero-order valence-electron chi connectivity index (χ0n) is 8.85. The van der Waals surface area contributed by atoms with Crippen LogP contribution in [0.4, 0.5) is 0 Å². The highest BCUT2D eigenvalue weighted by atomic mass is 16.5. The molecule has 2 rings (SSSR count). The van der Waals surface area contributed by atoms with Crippen LogP contribution >= 0.6 is 0 Å². The normalized spacial score (nSPS) is 36.7. The Labute approximate surface area is 89.6 Å². The van der Waals surface area contributed by atoms with E-state index in [0.29, 0.717) is 6.61 Å². The van der Waals surface area contributed by atoms with Gasteiger partial charge in [-0.1, -0.05) is 0 Å². The summed E-state index contributed by atoms with van der Waals surface area (Å²) >= 11 is 0. The number of carboxylic acids is 1. The van der Waals surface area contributed by atoms with E-state index >= 15 is 0 Å². The van der Waals surface area contributed by atoms with E-state index in [-0.39, 0.29) is 18.1 Å². The van der Waals surface area contributed by atoms with Crippen LogP contribution in [0.3, 0.4) is 0 Å². The van der Waals surface area contributed by atoms with E-state index in [2.05, 4.69) is 0 Å². The third-order valence-corrected chi connectivity index (χ3v) is 3.30. The lowest BCUT2D eigenvalue weighted by Gasteiger charge is -2.28. The molecule has 0 amide bonds. The highest BCUT2D eigenvalue weighted by molar-refractivity contribution is 5.70. The van der Waals surface area contributed by atoms with Crippen molar-refractivity contribution in [3.63, 3.8) is 0 Å². The van der Waals surface area contributed by atoms with E-state index in [9.17, 15) is 4.79 Å². The summed E-state index contributed by atoms with van der Waals surface area (Å²) in [6.45, 7) is 1.51. The Morgan fingerprint density at radius 2 is 1.87 bits per heavy atom. The molecule has 0 aromatic carbocycles. The largest absolute Gasteiger partial charge is 0.481 e. The Kier molecular flexibility index (Phi) is 3.59. The van der Waals surface area contributed by atoms with E-state index in [1.54, 1.807) is 0 Å². The Hall–Kier alpha value is -0.610. The highest BCUT2D eigenvalue weighted by Crippen LogP contribution is 2.28. The summed E-state index contributed by atoms with van der Waals surface area (Å²) in [6.07, 6.45) is 4.77. The van der Waals surface area contributed by atoms with Crippen molar-refractivity contribution in [1.82, 2.24) is 0 Å². The summed E-state index contributed by atoms with van der Waals surface area (Å²) < 4.78 is 11.1. The van der Waals surface area contributed by atoms with E-state index in [1.807, 2.05) is 0 Å². The van der Waals surface area contributed by atoms with Crippen molar-refractivity contribution in [3.8, 4) is 0 Å². The fraction of sp³-hybridized carbons (Fsp3) is 0.909. The quantitative estimate of drug-likeness (QED) is 0.772. The van der Waals surface area contributed by atoms with Gasteiger partial charge in [0, 0.05) is 6.61 Å². The molecule has 1 saturated carbocycles. The zero-order valence-corrected chi connectivity index (χ0v) is 8.85. The first-order chi connectivity index (χ1) is 7.25. The van der Waals surface area contributed by atoms with Crippen molar-refractivity contribution in [2.24, 2.45) is 5.92 Å². The second-order valence-electron chi connectivity index (χ2n) is 4.43. The van der Waals surface area contributed by atoms with Gasteiger partial charge in [-0.15, -0.1) is 0 Å². The molecule has 0 unspecified atom stereocenters. The van der Waals surface area contributed by atoms with E-state index in [4.69, 9.17) is 14.6 Å². The lowest BCUT2D eigenvalue weighted by atomic mass is 9.87. The second kappa shape index (κ2) is 4.94. The molecular weight excluding hydrogens is 196 g/mol. The minimum absolute atomic E-state index is 0.148. The topological polar surface area (TPSA) is 55.8 Å². The van der Waals surface area contributed by atoms with Gasteiger partial charge < -0.3 is 14.6 Å². The number of aliphatic carboxylic acids is 1. The number of ether oxygens (including phenoxy) is 2. The Bertz CT molecular complexity index is 215. The fourth-order valence-electron chi connectivity index (χ4n) is 2.34. The van der Waals surface area contributed by atoms with Crippen LogP contribution in [0, 0.1) is 5.92 Å². The summed E-state index contributed by atoms with van der Waals surface area (Å²) in [6, 6.07) is 0. The van der Waals surface area contributed by atoms with Crippen molar-refractivity contribution in [2.45, 2.75) is 44.3 Å². The van der Waals surface area contributed by atoms with E-state index in [1.165, 1.54) is 0 Å². The first-order valence-corrected chi connectivity index (χ1v) is 5.71. The Morgan fingerprint density at radius 1 is 1.13 bits per heavy atom. The Balaban J connectivity index is 1.71. The third kappa shape index (κ3) is 2.92. The number of hydrogen-bond donors (Lipinski definition) is 1. The molecule has 2 fully saturated rings. The van der Waals surface area contributed by atoms with Crippen LogP contribution in [0.15, 0.2) is 0 Å². The Morgan fingerprint density at radius 3 is 2.40 bits per heavy atom. The highest BCUT2D eigenvalue weighted by Gasteiger charge is 2.28. The van der Waals surface area contributed by atoms with Gasteiger partial charge >= 0.3 is 5.97 Å². The van der Waals surface area contributed by atoms with Crippen molar-refractivity contribution in [2.75, 3.05) is 13.2 Å². The average molecular weight is 214 g/mol. The molecule has 1 N–H and O–H groups in total. The van der Waals surface area contributed by atoms with Gasteiger partial charge in [0.1, 0.15) is 0 Å². The van der Waals surface area contributed by atoms with Crippen LogP contribution < -0.4 is 0 Å². The van der Waals surface area contributed by atoms with Crippen molar-refractivity contribution in [1.29, 1.82) is 0 Å². The standard InChI is InChI=1S/C11H18O4/c12-11(13)8-1-3-9(4-2-8)15-10-5-6-14-7-10/h8-10H,1-7H2,(H,12,13)/t8?,9?,10-/m0/s1. The molecule has 4 nitrogen and oxygen atoms in total. The molecule has 1 aliphatic heterocycles. The van der Waals surface area contributed by atoms with Gasteiger partial charge in [0.25, 0.3) is 0 Å². The summed E-state index contributed by atoms with van der Waals surface area (Å²) in [4.78, 5) is 10.7. The first-order valence-electron chi connectivity index (χ1n) is 5.71. The lowest BCUT2D eigenvalue weighted by molar-refractivity contribution is -0.144. The van der Waals surface area contributed by atoms with Crippen LogP contribution in [0.1, 0.15) is 32.1 Å². The predicted octanol–water partition coefficient (Wildman–Crippen LogP) is 1.44. The van der Waals surface area contributed by atoms with Crippen LogP contribution in [0.5, 0.6) is 0 Å². The van der Waals surface area contributed by atoms with Crippen LogP contribution in [-0.4, -0.2) is 36.5 Å². The number of hydrogen-bond acceptors (Lipinski definition) is 3. The summed E-state index contributed by atoms with van der Waals surface area (Å²) in [5.41, 5.74) is 0. The smallest absolute Gasteiger partial charge is 0.306 e. The van der Waals surface area contributed by atoms with E-state index < -0.39 is 5.97 Å². The van der Waals surface area contributed by atoms with Crippen molar-refractivity contribution in [3.05, 3.63) is 0 Å². The number of rotatable bonds is 3. The molecule has 0 spiro atoms. The molecule has 1 heterocycles. The third-order valence-electron chi connectivity index (χ3n) is 3.30. The second-order valence-corrected chi connectivity index (χ2v) is 4.43. The van der Waals surface area contributed by atoms with Crippen molar-refractivity contribution >= 4 is 5.97 Å². The van der Waals surface area contributed by atoms with Gasteiger partial charge in [0.15, 0.2) is 0 Å². The minimum Gasteiger partial charge on any atom is -0.481 e. The number of carbonyl (C=O) groups is 1. The van der Waals surface area contributed by atoms with E-state index in [0.717, 1.165) is 38.7 Å². The van der Waals surface area contributed by atoms with Gasteiger partial charge in [-0.25, -0.2) is 0 Å². The number of carboxylic acid groups (broad SMARTS) is 1. The van der Waals surface area contributed by atoms with Gasteiger partial charge in [0.05, 0.1) is 24.7 Å².